The molecule has 0 saturated carbocycles. The maximum atomic E-state index is 11.5. The molecular weight excluding hydrogens is 358 g/mol. The number of hydrogen-bond donors (Lipinski definition) is 0. The van der Waals surface area contributed by atoms with Crippen LogP contribution in [0.2, 0.25) is 0 Å². The highest BCUT2D eigenvalue weighted by molar-refractivity contribution is 6.01. The number of imide groups is 1. The van der Waals surface area contributed by atoms with E-state index in [1.807, 2.05) is 0 Å². The Morgan fingerprint density at radius 2 is 0.759 bits per heavy atom. The summed E-state index contributed by atoms with van der Waals surface area (Å²) in [5.74, 6) is 0.0700. The predicted molar refractivity (Wildman–Crippen MR) is 124 cm³/mol. The maximum absolute atomic E-state index is 11.5. The van der Waals surface area contributed by atoms with Crippen molar-refractivity contribution in [2.24, 2.45) is 0 Å². The molecule has 1 rings (SSSR count). The first-order valence-corrected chi connectivity index (χ1v) is 13.1. The lowest BCUT2D eigenvalue weighted by molar-refractivity contribution is -0.138. The van der Waals surface area contributed by atoms with Crippen LogP contribution in [-0.4, -0.2) is 23.3 Å². The number of rotatable bonds is 21. The molecule has 170 valence electrons. The van der Waals surface area contributed by atoms with Crippen LogP contribution in [0.15, 0.2) is 0 Å². The van der Waals surface area contributed by atoms with E-state index in [9.17, 15) is 9.59 Å². The van der Waals surface area contributed by atoms with Crippen molar-refractivity contribution < 1.29 is 9.59 Å². The van der Waals surface area contributed by atoms with Crippen LogP contribution in [0.3, 0.4) is 0 Å². The quantitative estimate of drug-likeness (QED) is 0.143. The molecular formula is C26H49NO2. The first-order chi connectivity index (χ1) is 14.3. The van der Waals surface area contributed by atoms with Gasteiger partial charge in [0.25, 0.3) is 0 Å². The fourth-order valence-electron chi connectivity index (χ4n) is 4.40. The van der Waals surface area contributed by atoms with Gasteiger partial charge in [0, 0.05) is 19.4 Å². The number of unbranched alkanes of at least 4 members (excludes halogenated alkanes) is 19. The largest absolute Gasteiger partial charge is 0.283 e. The smallest absolute Gasteiger partial charge is 0.229 e. The third kappa shape index (κ3) is 14.7. The fraction of sp³-hybridized carbons (Fsp3) is 0.923. The Morgan fingerprint density at radius 3 is 1.07 bits per heavy atom. The average Bonchev–Trinajstić information content (AvgIpc) is 3.04. The van der Waals surface area contributed by atoms with Gasteiger partial charge < -0.3 is 0 Å². The van der Waals surface area contributed by atoms with E-state index >= 15 is 0 Å². The van der Waals surface area contributed by atoms with E-state index in [0.717, 1.165) is 12.8 Å². The van der Waals surface area contributed by atoms with E-state index in [2.05, 4.69) is 6.92 Å². The van der Waals surface area contributed by atoms with Crippen LogP contribution >= 0.6 is 0 Å². The summed E-state index contributed by atoms with van der Waals surface area (Å²) in [5.41, 5.74) is 0. The second kappa shape index (κ2) is 19.1. The number of carbonyl (C=O) groups is 2. The van der Waals surface area contributed by atoms with Crippen molar-refractivity contribution >= 4 is 11.8 Å². The van der Waals surface area contributed by atoms with Gasteiger partial charge in [-0.2, -0.15) is 0 Å². The zero-order chi connectivity index (χ0) is 21.0. The van der Waals surface area contributed by atoms with E-state index < -0.39 is 0 Å². The Bertz CT molecular complexity index is 392. The van der Waals surface area contributed by atoms with Gasteiger partial charge in [-0.15, -0.1) is 0 Å². The van der Waals surface area contributed by atoms with Crippen LogP contribution in [0.5, 0.6) is 0 Å². The molecule has 1 aliphatic heterocycles. The third-order valence-electron chi connectivity index (χ3n) is 6.39. The van der Waals surface area contributed by atoms with Gasteiger partial charge in [-0.05, 0) is 6.42 Å². The minimum atomic E-state index is 0.0350. The van der Waals surface area contributed by atoms with Crippen LogP contribution < -0.4 is 0 Å². The number of nitrogens with zero attached hydrogens (tertiary/aromatic N) is 1. The van der Waals surface area contributed by atoms with Gasteiger partial charge in [0.05, 0.1) is 0 Å². The van der Waals surface area contributed by atoms with Crippen LogP contribution in [-0.2, 0) is 9.59 Å². The van der Waals surface area contributed by atoms with Gasteiger partial charge >= 0.3 is 0 Å². The lowest BCUT2D eigenvalue weighted by atomic mass is 10.0. The molecule has 0 aliphatic carbocycles. The van der Waals surface area contributed by atoms with Crippen molar-refractivity contribution in [1.82, 2.24) is 4.90 Å². The molecule has 0 aromatic rings. The summed E-state index contributed by atoms with van der Waals surface area (Å²) in [6.45, 7) is 2.94. The molecule has 0 aromatic heterocycles. The van der Waals surface area contributed by atoms with Gasteiger partial charge in [-0.25, -0.2) is 0 Å². The standard InChI is InChI=1S/C26H49NO2/c1-2-3-4-5-6-7-8-9-10-11-12-13-14-15-16-17-18-19-20-21-24-27-25(28)22-23-26(27)29/h2-24H2,1H3. The highest BCUT2D eigenvalue weighted by atomic mass is 16.2. The fourth-order valence-corrected chi connectivity index (χ4v) is 4.40. The number of carbonyl (C=O) groups excluding carboxylic acids is 2. The molecule has 0 N–H and O–H groups in total. The van der Waals surface area contributed by atoms with Crippen LogP contribution in [0.4, 0.5) is 0 Å². The predicted octanol–water partition coefficient (Wildman–Crippen LogP) is 7.96. The Balaban J connectivity index is 1.69. The maximum Gasteiger partial charge on any atom is 0.229 e. The Hall–Kier alpha value is -0.860. The second-order valence-electron chi connectivity index (χ2n) is 9.16. The minimum absolute atomic E-state index is 0.0350. The highest BCUT2D eigenvalue weighted by Gasteiger charge is 2.27. The van der Waals surface area contributed by atoms with Crippen molar-refractivity contribution in [3.63, 3.8) is 0 Å². The zero-order valence-electron chi connectivity index (χ0n) is 19.5. The average molecular weight is 408 g/mol. The molecule has 0 radical (unpaired) electrons. The lowest BCUT2D eigenvalue weighted by Gasteiger charge is -2.13. The van der Waals surface area contributed by atoms with E-state index in [-0.39, 0.29) is 11.8 Å². The molecule has 3 heteroatoms. The van der Waals surface area contributed by atoms with E-state index in [1.165, 1.54) is 120 Å². The third-order valence-corrected chi connectivity index (χ3v) is 6.39. The highest BCUT2D eigenvalue weighted by Crippen LogP contribution is 2.16. The summed E-state index contributed by atoms with van der Waals surface area (Å²) in [7, 11) is 0. The van der Waals surface area contributed by atoms with Crippen molar-refractivity contribution in [2.45, 2.75) is 148 Å². The first-order valence-electron chi connectivity index (χ1n) is 13.1. The van der Waals surface area contributed by atoms with Crippen LogP contribution in [0.1, 0.15) is 148 Å². The number of amides is 2. The molecule has 0 atom stereocenters. The molecule has 0 bridgehead atoms. The summed E-state index contributed by atoms with van der Waals surface area (Å²) in [4.78, 5) is 24.5. The summed E-state index contributed by atoms with van der Waals surface area (Å²) in [6.07, 6.45) is 28.3. The zero-order valence-corrected chi connectivity index (χ0v) is 19.5. The molecule has 1 saturated heterocycles. The SMILES string of the molecule is CCCCCCCCCCCCCCCCCCCCCCN1C(=O)CCC1=O. The molecule has 1 aliphatic rings. The summed E-state index contributed by atoms with van der Waals surface area (Å²) in [5, 5.41) is 0. The first kappa shape index (κ1) is 26.2. The van der Waals surface area contributed by atoms with E-state index in [0.29, 0.717) is 19.4 Å². The van der Waals surface area contributed by atoms with E-state index in [4.69, 9.17) is 0 Å². The minimum Gasteiger partial charge on any atom is -0.283 e. The molecule has 29 heavy (non-hydrogen) atoms. The molecule has 3 nitrogen and oxygen atoms in total. The Labute approximate surface area is 181 Å². The normalized spacial score (nSPS) is 14.3. The van der Waals surface area contributed by atoms with Gasteiger partial charge in [-0.3, -0.25) is 14.5 Å². The van der Waals surface area contributed by atoms with Crippen molar-refractivity contribution in [1.29, 1.82) is 0 Å². The molecule has 0 spiro atoms. The van der Waals surface area contributed by atoms with Crippen LogP contribution in [0, 0.1) is 0 Å². The van der Waals surface area contributed by atoms with Gasteiger partial charge in [0.15, 0.2) is 0 Å². The van der Waals surface area contributed by atoms with Crippen molar-refractivity contribution in [2.75, 3.05) is 6.54 Å². The number of likely N-dealkylation sites (tertiary alicyclic amines) is 1. The van der Waals surface area contributed by atoms with E-state index in [1.54, 1.807) is 0 Å². The van der Waals surface area contributed by atoms with Gasteiger partial charge in [0.1, 0.15) is 0 Å². The Kier molecular flexibility index (Phi) is 17.3. The molecule has 1 heterocycles. The van der Waals surface area contributed by atoms with Crippen molar-refractivity contribution in [3.8, 4) is 0 Å². The second-order valence-corrected chi connectivity index (χ2v) is 9.16. The molecule has 2 amide bonds. The monoisotopic (exact) mass is 407 g/mol. The van der Waals surface area contributed by atoms with Crippen molar-refractivity contribution in [3.05, 3.63) is 0 Å². The van der Waals surface area contributed by atoms with Gasteiger partial charge in [-0.1, -0.05) is 129 Å². The Morgan fingerprint density at radius 1 is 0.483 bits per heavy atom. The topological polar surface area (TPSA) is 37.4 Å². The lowest BCUT2D eigenvalue weighted by Crippen LogP contribution is -2.29. The molecule has 1 fully saturated rings. The molecule has 0 unspecified atom stereocenters. The summed E-state index contributed by atoms with van der Waals surface area (Å²) < 4.78 is 0. The van der Waals surface area contributed by atoms with Gasteiger partial charge in [0.2, 0.25) is 11.8 Å². The van der Waals surface area contributed by atoms with Crippen LogP contribution in [0.25, 0.3) is 0 Å². The summed E-state index contributed by atoms with van der Waals surface area (Å²) >= 11 is 0. The number of hydrogen-bond acceptors (Lipinski definition) is 2. The summed E-state index contributed by atoms with van der Waals surface area (Å²) in [6, 6.07) is 0. The molecule has 0 aromatic carbocycles.